The van der Waals surface area contributed by atoms with E-state index < -0.39 is 0 Å². The van der Waals surface area contributed by atoms with Crippen molar-refractivity contribution in [3.8, 4) is 0 Å². The molecule has 0 aliphatic carbocycles. The van der Waals surface area contributed by atoms with E-state index in [0.29, 0.717) is 11.1 Å². The highest BCUT2D eigenvalue weighted by atomic mass is 16.2. The number of likely N-dealkylation sites (N-methyl/N-ethyl adjacent to an activating group) is 1. The lowest BCUT2D eigenvalue weighted by Crippen LogP contribution is -2.53. The molecule has 0 aromatic heterocycles. The average molecular weight is 275 g/mol. The molecule has 0 radical (unpaired) electrons. The van der Waals surface area contributed by atoms with E-state index in [0.717, 1.165) is 24.1 Å². The van der Waals surface area contributed by atoms with Gasteiger partial charge in [0.1, 0.15) is 0 Å². The maximum atomic E-state index is 12.4. The quantitative estimate of drug-likeness (QED) is 0.610. The number of nitrogens with zero attached hydrogens (tertiary/aromatic N) is 2. The average Bonchev–Trinajstić information content (AvgIpc) is 2.71. The molecule has 1 atom stereocenters. The van der Waals surface area contributed by atoms with Crippen molar-refractivity contribution in [1.29, 1.82) is 0 Å². The molecule has 0 spiro atoms. The third-order valence-corrected chi connectivity index (χ3v) is 4.50. The van der Waals surface area contributed by atoms with E-state index in [9.17, 15) is 9.59 Å². The Morgan fingerprint density at radius 3 is 1.90 bits per heavy atom. The van der Waals surface area contributed by atoms with Gasteiger partial charge in [0, 0.05) is 0 Å². The van der Waals surface area contributed by atoms with Gasteiger partial charge in [0.05, 0.1) is 43.9 Å². The van der Waals surface area contributed by atoms with Gasteiger partial charge in [-0.25, -0.2) is 0 Å². The molecule has 0 fully saturated rings. The summed E-state index contributed by atoms with van der Waals surface area (Å²) >= 11 is 0. The zero-order valence-electron chi connectivity index (χ0n) is 12.7. The van der Waals surface area contributed by atoms with Crippen LogP contribution in [0.1, 0.15) is 41.5 Å². The van der Waals surface area contributed by atoms with Gasteiger partial charge < -0.3 is 4.48 Å². The second-order valence-corrected chi connectivity index (χ2v) is 5.81. The van der Waals surface area contributed by atoms with E-state index in [1.807, 2.05) is 6.92 Å². The van der Waals surface area contributed by atoms with Crippen LogP contribution in [0.5, 0.6) is 0 Å². The fourth-order valence-corrected chi connectivity index (χ4v) is 2.81. The van der Waals surface area contributed by atoms with E-state index in [2.05, 4.69) is 20.9 Å². The topological polar surface area (TPSA) is 37.4 Å². The van der Waals surface area contributed by atoms with Crippen LogP contribution in [0.4, 0.5) is 0 Å². The smallest absolute Gasteiger partial charge is 0.262 e. The minimum Gasteiger partial charge on any atom is -0.325 e. The molecule has 1 aliphatic heterocycles. The summed E-state index contributed by atoms with van der Waals surface area (Å²) in [4.78, 5) is 26.2. The highest BCUT2D eigenvalue weighted by Gasteiger charge is 2.40. The zero-order valence-corrected chi connectivity index (χ0v) is 12.7. The molecule has 2 amide bonds. The molecule has 0 saturated carbocycles. The van der Waals surface area contributed by atoms with Crippen LogP contribution in [-0.2, 0) is 0 Å². The van der Waals surface area contributed by atoms with Crippen LogP contribution < -0.4 is 0 Å². The summed E-state index contributed by atoms with van der Waals surface area (Å²) in [6.07, 6.45) is 0. The Balaban J connectivity index is 2.23. The lowest BCUT2D eigenvalue weighted by atomic mass is 10.1. The van der Waals surface area contributed by atoms with Crippen molar-refractivity contribution in [2.75, 3.05) is 26.7 Å². The molecule has 0 N–H and O–H groups in total. The number of hydrogen-bond acceptors (Lipinski definition) is 2. The Hall–Kier alpha value is -1.68. The minimum absolute atomic E-state index is 0.0905. The van der Waals surface area contributed by atoms with Crippen LogP contribution in [0.2, 0.25) is 0 Å². The molecular formula is C16H23N2O2+. The Kier molecular flexibility index (Phi) is 3.95. The predicted molar refractivity (Wildman–Crippen MR) is 78.5 cm³/mol. The van der Waals surface area contributed by atoms with Crippen molar-refractivity contribution in [1.82, 2.24) is 4.90 Å². The van der Waals surface area contributed by atoms with Crippen molar-refractivity contribution in [3.05, 3.63) is 35.4 Å². The van der Waals surface area contributed by atoms with Gasteiger partial charge >= 0.3 is 0 Å². The number of benzene rings is 1. The fraction of sp³-hybridized carbons (Fsp3) is 0.500. The summed E-state index contributed by atoms with van der Waals surface area (Å²) in [5.74, 6) is -0.311. The Morgan fingerprint density at radius 2 is 1.50 bits per heavy atom. The van der Waals surface area contributed by atoms with Gasteiger partial charge in [0.25, 0.3) is 11.8 Å². The van der Waals surface area contributed by atoms with Gasteiger partial charge in [-0.3, -0.25) is 14.5 Å². The Morgan fingerprint density at radius 1 is 1.05 bits per heavy atom. The Bertz CT molecular complexity index is 500. The molecule has 1 aromatic rings. The van der Waals surface area contributed by atoms with E-state index >= 15 is 0 Å². The van der Waals surface area contributed by atoms with Crippen LogP contribution >= 0.6 is 0 Å². The van der Waals surface area contributed by atoms with Gasteiger partial charge in [-0.05, 0) is 32.9 Å². The third-order valence-electron chi connectivity index (χ3n) is 4.50. The Labute approximate surface area is 120 Å². The van der Waals surface area contributed by atoms with Crippen molar-refractivity contribution in [2.24, 2.45) is 0 Å². The molecular weight excluding hydrogens is 252 g/mol. The number of quaternary nitrogens is 1. The fourth-order valence-electron chi connectivity index (χ4n) is 2.81. The molecule has 0 saturated heterocycles. The highest BCUT2D eigenvalue weighted by Crippen LogP contribution is 2.25. The van der Waals surface area contributed by atoms with E-state index in [1.165, 1.54) is 4.90 Å². The summed E-state index contributed by atoms with van der Waals surface area (Å²) < 4.78 is 0.856. The SMILES string of the molecule is CC[N+](C)(CC)CC(C)N1C(=O)c2ccccc2C1=O. The second kappa shape index (κ2) is 5.37. The van der Waals surface area contributed by atoms with Crippen molar-refractivity contribution in [2.45, 2.75) is 26.8 Å². The predicted octanol–water partition coefficient (Wildman–Crippen LogP) is 2.16. The van der Waals surface area contributed by atoms with E-state index in [-0.39, 0.29) is 17.9 Å². The molecule has 1 aromatic carbocycles. The second-order valence-electron chi connectivity index (χ2n) is 5.81. The van der Waals surface area contributed by atoms with Crippen LogP contribution in [0.15, 0.2) is 24.3 Å². The molecule has 0 bridgehead atoms. The summed E-state index contributed by atoms with van der Waals surface area (Å²) in [5.41, 5.74) is 1.07. The normalized spacial score (nSPS) is 16.5. The van der Waals surface area contributed by atoms with Crippen molar-refractivity contribution < 1.29 is 14.1 Å². The molecule has 1 aliphatic rings. The number of carbonyl (C=O) groups is 2. The molecule has 4 heteroatoms. The molecule has 4 nitrogen and oxygen atoms in total. The first-order chi connectivity index (χ1) is 9.43. The molecule has 20 heavy (non-hydrogen) atoms. The largest absolute Gasteiger partial charge is 0.325 e. The summed E-state index contributed by atoms with van der Waals surface area (Å²) in [6, 6.07) is 6.98. The first-order valence-electron chi connectivity index (χ1n) is 7.24. The van der Waals surface area contributed by atoms with Gasteiger partial charge in [-0.2, -0.15) is 0 Å². The lowest BCUT2D eigenvalue weighted by Gasteiger charge is -2.36. The maximum Gasteiger partial charge on any atom is 0.262 e. The number of fused-ring (bicyclic) bond motifs is 1. The number of imide groups is 1. The summed E-state index contributed by atoms with van der Waals surface area (Å²) in [7, 11) is 2.16. The van der Waals surface area contributed by atoms with Gasteiger partial charge in [0.2, 0.25) is 0 Å². The first kappa shape index (κ1) is 14.7. The van der Waals surface area contributed by atoms with Gasteiger partial charge in [-0.15, -0.1) is 0 Å². The maximum absolute atomic E-state index is 12.4. The summed E-state index contributed by atoms with van der Waals surface area (Å²) in [6.45, 7) is 9.01. The molecule has 1 unspecified atom stereocenters. The van der Waals surface area contributed by atoms with Crippen LogP contribution in [0.25, 0.3) is 0 Å². The van der Waals surface area contributed by atoms with Crippen LogP contribution in [-0.4, -0.2) is 53.9 Å². The lowest BCUT2D eigenvalue weighted by molar-refractivity contribution is -0.907. The first-order valence-corrected chi connectivity index (χ1v) is 7.24. The molecule has 108 valence electrons. The number of hydrogen-bond donors (Lipinski definition) is 0. The molecule has 1 heterocycles. The van der Waals surface area contributed by atoms with E-state index in [1.54, 1.807) is 24.3 Å². The number of carbonyl (C=O) groups excluding carboxylic acids is 2. The highest BCUT2D eigenvalue weighted by molar-refractivity contribution is 6.21. The summed E-state index contributed by atoms with van der Waals surface area (Å²) in [5, 5.41) is 0. The third kappa shape index (κ3) is 2.36. The monoisotopic (exact) mass is 275 g/mol. The van der Waals surface area contributed by atoms with Crippen LogP contribution in [0.3, 0.4) is 0 Å². The molecule has 2 rings (SSSR count). The zero-order chi connectivity index (χ0) is 14.9. The van der Waals surface area contributed by atoms with Crippen LogP contribution in [0, 0.1) is 0 Å². The standard InChI is InChI=1S/C16H23N2O2/c1-5-18(4,6-2)11-12(3)17-15(19)13-9-7-8-10-14(13)16(17)20/h7-10,12H,5-6,11H2,1-4H3/q+1. The van der Waals surface area contributed by atoms with Crippen molar-refractivity contribution >= 4 is 11.8 Å². The minimum atomic E-state index is -0.156. The number of rotatable bonds is 5. The van der Waals surface area contributed by atoms with Crippen molar-refractivity contribution in [3.63, 3.8) is 0 Å². The van der Waals surface area contributed by atoms with E-state index in [4.69, 9.17) is 0 Å². The van der Waals surface area contributed by atoms with Gasteiger partial charge in [0.15, 0.2) is 0 Å². The number of amides is 2. The van der Waals surface area contributed by atoms with Gasteiger partial charge in [-0.1, -0.05) is 12.1 Å².